The van der Waals surface area contributed by atoms with Crippen molar-refractivity contribution in [2.75, 3.05) is 7.05 Å². The van der Waals surface area contributed by atoms with E-state index in [1.165, 1.54) is 37.8 Å². The summed E-state index contributed by atoms with van der Waals surface area (Å²) in [6, 6.07) is 2.45. The van der Waals surface area contributed by atoms with Gasteiger partial charge >= 0.3 is 0 Å². The maximum atomic E-state index is 6.51. The van der Waals surface area contributed by atoms with Gasteiger partial charge in [0.15, 0.2) is 0 Å². The number of nitrogens with one attached hydrogen (secondary N) is 1. The Bertz CT molecular complexity index is 101. The van der Waals surface area contributed by atoms with Gasteiger partial charge in [0, 0.05) is 0 Å². The molecule has 0 aliphatic heterocycles. The van der Waals surface area contributed by atoms with Crippen molar-refractivity contribution < 1.29 is 0 Å². The quantitative estimate of drug-likeness (QED) is 0.498. The molecule has 0 radical (unpaired) electrons. The van der Waals surface area contributed by atoms with E-state index < -0.39 is 7.55 Å². The van der Waals surface area contributed by atoms with Crippen molar-refractivity contribution in [3.8, 4) is 0 Å². The predicted octanol–water partition coefficient (Wildman–Crippen LogP) is 3.49. The first kappa shape index (κ1) is 12.5. The molecule has 0 fully saturated rings. The summed E-state index contributed by atoms with van der Waals surface area (Å²) < 4.78 is 0. The van der Waals surface area contributed by atoms with Crippen LogP contribution in [0.15, 0.2) is 0 Å². The minimum Gasteiger partial charge on any atom is -0.328 e. The zero-order valence-electron chi connectivity index (χ0n) is 8.62. The van der Waals surface area contributed by atoms with Crippen LogP contribution in [0.1, 0.15) is 39.5 Å². The largest absolute Gasteiger partial charge is 0.328 e. The molecular formula is C9H22ClNSi. The van der Waals surface area contributed by atoms with Crippen LogP contribution in [0.4, 0.5) is 0 Å². The molecule has 0 saturated carbocycles. The van der Waals surface area contributed by atoms with Gasteiger partial charge in [-0.15, -0.1) is 11.1 Å². The second-order valence-corrected chi connectivity index (χ2v) is 9.02. The SMILES string of the molecule is CCCC[Si](Cl)(CCCC)NC. The Balaban J connectivity index is 3.70. The van der Waals surface area contributed by atoms with Gasteiger partial charge in [0.1, 0.15) is 0 Å². The Hall–Kier alpha value is 0.467. The zero-order valence-corrected chi connectivity index (χ0v) is 10.4. The summed E-state index contributed by atoms with van der Waals surface area (Å²) in [5, 5.41) is 0. The van der Waals surface area contributed by atoms with Crippen LogP contribution >= 0.6 is 11.1 Å². The van der Waals surface area contributed by atoms with Crippen LogP contribution in [0.3, 0.4) is 0 Å². The van der Waals surface area contributed by atoms with Crippen molar-refractivity contribution in [2.45, 2.75) is 51.6 Å². The fourth-order valence-electron chi connectivity index (χ4n) is 1.29. The van der Waals surface area contributed by atoms with Crippen molar-refractivity contribution >= 4 is 18.6 Å². The Morgan fingerprint density at radius 3 is 1.75 bits per heavy atom. The molecular weight excluding hydrogens is 186 g/mol. The van der Waals surface area contributed by atoms with Crippen LogP contribution in [-0.2, 0) is 0 Å². The molecule has 0 spiro atoms. The maximum absolute atomic E-state index is 6.51. The van der Waals surface area contributed by atoms with Gasteiger partial charge in [0.25, 0.3) is 0 Å². The molecule has 0 saturated heterocycles. The fraction of sp³-hybridized carbons (Fsp3) is 1.00. The standard InChI is InChI=1S/C9H22ClNSi/c1-4-6-8-12(10,11-3)9-7-5-2/h11H,4-9H2,1-3H3. The van der Waals surface area contributed by atoms with Crippen LogP contribution in [0, 0.1) is 0 Å². The lowest BCUT2D eigenvalue weighted by atomic mass is 10.4. The van der Waals surface area contributed by atoms with Crippen LogP contribution in [0.5, 0.6) is 0 Å². The van der Waals surface area contributed by atoms with Crippen molar-refractivity contribution in [2.24, 2.45) is 0 Å². The third-order valence-electron chi connectivity index (χ3n) is 2.30. The molecule has 0 rings (SSSR count). The van der Waals surface area contributed by atoms with Crippen molar-refractivity contribution in [3.63, 3.8) is 0 Å². The number of halogens is 1. The van der Waals surface area contributed by atoms with Gasteiger partial charge in [-0.05, 0) is 19.1 Å². The van der Waals surface area contributed by atoms with E-state index in [0.717, 1.165) is 0 Å². The number of unbranched alkanes of at least 4 members (excludes halogenated alkanes) is 2. The average Bonchev–Trinajstić information content (AvgIpc) is 2.11. The summed E-state index contributed by atoms with van der Waals surface area (Å²) in [5.74, 6) is 0. The number of rotatable bonds is 7. The van der Waals surface area contributed by atoms with E-state index in [9.17, 15) is 0 Å². The monoisotopic (exact) mass is 207 g/mol. The van der Waals surface area contributed by atoms with Crippen LogP contribution in [-0.4, -0.2) is 14.6 Å². The summed E-state index contributed by atoms with van der Waals surface area (Å²) in [4.78, 5) is 3.35. The number of hydrogen-bond acceptors (Lipinski definition) is 1. The first-order chi connectivity index (χ1) is 5.68. The zero-order chi connectivity index (χ0) is 9.45. The molecule has 0 aliphatic rings. The topological polar surface area (TPSA) is 12.0 Å². The molecule has 0 amide bonds. The lowest BCUT2D eigenvalue weighted by Gasteiger charge is -2.22. The molecule has 74 valence electrons. The van der Waals surface area contributed by atoms with E-state index in [0.29, 0.717) is 0 Å². The molecule has 3 heteroatoms. The molecule has 0 aliphatic carbocycles. The van der Waals surface area contributed by atoms with Gasteiger partial charge in [-0.25, -0.2) is 0 Å². The van der Waals surface area contributed by atoms with Crippen LogP contribution in [0.25, 0.3) is 0 Å². The second-order valence-electron chi connectivity index (χ2n) is 3.42. The fourth-order valence-corrected chi connectivity index (χ4v) is 4.67. The summed E-state index contributed by atoms with van der Waals surface area (Å²) in [7, 11) is 0.475. The lowest BCUT2D eigenvalue weighted by Crippen LogP contribution is -2.42. The summed E-state index contributed by atoms with van der Waals surface area (Å²) >= 11 is 6.51. The highest BCUT2D eigenvalue weighted by molar-refractivity contribution is 7.18. The molecule has 0 aromatic rings. The van der Waals surface area contributed by atoms with Gasteiger partial charge < -0.3 is 4.98 Å². The molecule has 1 N–H and O–H groups in total. The Morgan fingerprint density at radius 1 is 1.08 bits per heavy atom. The van der Waals surface area contributed by atoms with E-state index in [1.54, 1.807) is 0 Å². The first-order valence-corrected chi connectivity index (χ1v) is 8.49. The first-order valence-electron chi connectivity index (χ1n) is 5.06. The third-order valence-corrected chi connectivity index (χ3v) is 7.19. The van der Waals surface area contributed by atoms with E-state index >= 15 is 0 Å². The predicted molar refractivity (Wildman–Crippen MR) is 60.1 cm³/mol. The van der Waals surface area contributed by atoms with E-state index in [-0.39, 0.29) is 0 Å². The minimum atomic E-state index is -1.54. The average molecular weight is 208 g/mol. The highest BCUT2D eigenvalue weighted by atomic mass is 35.6. The highest BCUT2D eigenvalue weighted by Crippen LogP contribution is 2.22. The van der Waals surface area contributed by atoms with Gasteiger partial charge in [0.2, 0.25) is 7.55 Å². The maximum Gasteiger partial charge on any atom is 0.226 e. The highest BCUT2D eigenvalue weighted by Gasteiger charge is 2.27. The lowest BCUT2D eigenvalue weighted by molar-refractivity contribution is 0.821. The summed E-state index contributed by atoms with van der Waals surface area (Å²) in [6.45, 7) is 4.45. The molecule has 12 heavy (non-hydrogen) atoms. The minimum absolute atomic E-state index is 1.22. The van der Waals surface area contributed by atoms with Gasteiger partial charge in [-0.1, -0.05) is 39.5 Å². The van der Waals surface area contributed by atoms with Crippen LogP contribution in [0.2, 0.25) is 12.1 Å². The third kappa shape index (κ3) is 5.17. The van der Waals surface area contributed by atoms with Crippen LogP contribution < -0.4 is 4.98 Å². The Morgan fingerprint density at radius 2 is 1.50 bits per heavy atom. The second kappa shape index (κ2) is 6.93. The van der Waals surface area contributed by atoms with E-state index in [2.05, 4.69) is 18.8 Å². The van der Waals surface area contributed by atoms with E-state index in [1.807, 2.05) is 7.05 Å². The normalized spacial score (nSPS) is 12.0. The Labute approximate surface area is 82.7 Å². The summed E-state index contributed by atoms with van der Waals surface area (Å²) in [5.41, 5.74) is 0. The van der Waals surface area contributed by atoms with Crippen molar-refractivity contribution in [3.05, 3.63) is 0 Å². The number of hydrogen-bond donors (Lipinski definition) is 1. The smallest absolute Gasteiger partial charge is 0.226 e. The molecule has 0 heterocycles. The molecule has 0 aromatic carbocycles. The van der Waals surface area contributed by atoms with E-state index in [4.69, 9.17) is 11.1 Å². The Kier molecular flexibility index (Phi) is 7.20. The van der Waals surface area contributed by atoms with Gasteiger partial charge in [-0.2, -0.15) is 0 Å². The summed E-state index contributed by atoms with van der Waals surface area (Å²) in [6.07, 6.45) is 5.07. The van der Waals surface area contributed by atoms with Crippen molar-refractivity contribution in [1.82, 2.24) is 4.98 Å². The van der Waals surface area contributed by atoms with Crippen molar-refractivity contribution in [1.29, 1.82) is 0 Å². The van der Waals surface area contributed by atoms with Gasteiger partial charge in [0.05, 0.1) is 0 Å². The molecule has 0 bridgehead atoms. The molecule has 0 atom stereocenters. The molecule has 0 aromatic heterocycles. The molecule has 1 nitrogen and oxygen atoms in total. The molecule has 0 unspecified atom stereocenters. The van der Waals surface area contributed by atoms with Gasteiger partial charge in [-0.3, -0.25) is 0 Å².